The number of hydrogen-bond donors (Lipinski definition) is 0. The SMILES string of the molecule is c1ccc(COc2cccc3c2CC2SC2C3)cc1. The minimum absolute atomic E-state index is 0.665. The van der Waals surface area contributed by atoms with Gasteiger partial charge < -0.3 is 4.74 Å². The van der Waals surface area contributed by atoms with Gasteiger partial charge in [0, 0.05) is 10.5 Å². The first-order valence-corrected chi connectivity index (χ1v) is 7.77. The van der Waals surface area contributed by atoms with E-state index in [0.717, 1.165) is 16.2 Å². The van der Waals surface area contributed by atoms with Gasteiger partial charge in [-0.25, -0.2) is 0 Å². The van der Waals surface area contributed by atoms with Gasteiger partial charge in [0.15, 0.2) is 0 Å². The first-order valence-electron chi connectivity index (χ1n) is 6.83. The number of thioether (sulfide) groups is 1. The molecule has 1 aliphatic carbocycles. The highest BCUT2D eigenvalue weighted by Gasteiger charge is 2.42. The van der Waals surface area contributed by atoms with E-state index in [4.69, 9.17) is 4.74 Å². The lowest BCUT2D eigenvalue weighted by Gasteiger charge is -2.18. The number of hydrogen-bond acceptors (Lipinski definition) is 2. The van der Waals surface area contributed by atoms with Crippen molar-refractivity contribution in [2.45, 2.75) is 29.9 Å². The molecule has 1 aliphatic heterocycles. The Balaban J connectivity index is 1.55. The lowest BCUT2D eigenvalue weighted by atomic mass is 9.91. The van der Waals surface area contributed by atoms with Crippen LogP contribution in [-0.4, -0.2) is 10.5 Å². The van der Waals surface area contributed by atoms with Crippen molar-refractivity contribution in [3.63, 3.8) is 0 Å². The molecule has 0 saturated carbocycles. The van der Waals surface area contributed by atoms with Gasteiger partial charge in [-0.2, -0.15) is 11.8 Å². The van der Waals surface area contributed by atoms with Crippen LogP contribution in [-0.2, 0) is 19.4 Å². The minimum atomic E-state index is 0.665. The molecule has 1 nitrogen and oxygen atoms in total. The van der Waals surface area contributed by atoms with Gasteiger partial charge >= 0.3 is 0 Å². The third-order valence-electron chi connectivity index (χ3n) is 3.98. The van der Waals surface area contributed by atoms with Crippen LogP contribution in [0.5, 0.6) is 5.75 Å². The summed E-state index contributed by atoms with van der Waals surface area (Å²) in [6, 6.07) is 16.9. The molecule has 2 aromatic carbocycles. The molecule has 2 heteroatoms. The maximum Gasteiger partial charge on any atom is 0.123 e. The second kappa shape index (κ2) is 4.61. The van der Waals surface area contributed by atoms with Gasteiger partial charge in [0.25, 0.3) is 0 Å². The maximum absolute atomic E-state index is 6.05. The Hall–Kier alpha value is -1.41. The maximum atomic E-state index is 6.05. The Kier molecular flexibility index (Phi) is 2.77. The summed E-state index contributed by atoms with van der Waals surface area (Å²) in [5.74, 6) is 1.09. The summed E-state index contributed by atoms with van der Waals surface area (Å²) in [7, 11) is 0. The zero-order valence-corrected chi connectivity index (χ0v) is 11.5. The highest BCUT2D eigenvalue weighted by molar-refractivity contribution is 8.07. The Bertz CT molecular complexity index is 593. The predicted molar refractivity (Wildman–Crippen MR) is 79.8 cm³/mol. The van der Waals surface area contributed by atoms with E-state index in [1.165, 1.54) is 29.5 Å². The van der Waals surface area contributed by atoms with E-state index in [9.17, 15) is 0 Å². The highest BCUT2D eigenvalue weighted by Crippen LogP contribution is 2.50. The molecule has 2 aromatic rings. The highest BCUT2D eigenvalue weighted by atomic mass is 32.2. The summed E-state index contributed by atoms with van der Waals surface area (Å²) in [6.45, 7) is 0.665. The van der Waals surface area contributed by atoms with E-state index in [0.29, 0.717) is 6.61 Å². The average Bonchev–Trinajstić information content (AvgIpc) is 3.22. The summed E-state index contributed by atoms with van der Waals surface area (Å²) >= 11 is 2.12. The molecule has 19 heavy (non-hydrogen) atoms. The zero-order valence-electron chi connectivity index (χ0n) is 10.7. The van der Waals surface area contributed by atoms with E-state index < -0.39 is 0 Å². The summed E-state index contributed by atoms with van der Waals surface area (Å²) in [6.07, 6.45) is 2.42. The van der Waals surface area contributed by atoms with Gasteiger partial charge in [0.2, 0.25) is 0 Å². The Morgan fingerprint density at radius 1 is 0.947 bits per heavy atom. The molecule has 0 spiro atoms. The normalized spacial score (nSPS) is 23.4. The molecule has 1 saturated heterocycles. The molecule has 96 valence electrons. The molecule has 2 atom stereocenters. The molecule has 2 aliphatic rings. The Morgan fingerprint density at radius 3 is 2.68 bits per heavy atom. The number of ether oxygens (including phenoxy) is 1. The van der Waals surface area contributed by atoms with Crippen LogP contribution in [0.15, 0.2) is 48.5 Å². The number of rotatable bonds is 3. The minimum Gasteiger partial charge on any atom is -0.489 e. The third kappa shape index (κ3) is 2.25. The monoisotopic (exact) mass is 268 g/mol. The number of fused-ring (bicyclic) bond motifs is 2. The van der Waals surface area contributed by atoms with Crippen molar-refractivity contribution in [2.75, 3.05) is 0 Å². The van der Waals surface area contributed by atoms with Crippen LogP contribution in [0.25, 0.3) is 0 Å². The predicted octanol–water partition coefficient (Wildman–Crippen LogP) is 3.85. The fourth-order valence-corrected chi connectivity index (χ4v) is 3.95. The van der Waals surface area contributed by atoms with Crippen LogP contribution in [0.3, 0.4) is 0 Å². The van der Waals surface area contributed by atoms with Crippen LogP contribution >= 0.6 is 11.8 Å². The van der Waals surface area contributed by atoms with Gasteiger partial charge in [-0.15, -0.1) is 0 Å². The molecule has 1 fully saturated rings. The fourth-order valence-electron chi connectivity index (χ4n) is 2.86. The summed E-state index contributed by atoms with van der Waals surface area (Å²) in [5.41, 5.74) is 4.18. The van der Waals surface area contributed by atoms with Crippen LogP contribution in [0, 0.1) is 0 Å². The molecule has 0 amide bonds. The van der Waals surface area contributed by atoms with Crippen molar-refractivity contribution >= 4 is 11.8 Å². The largest absolute Gasteiger partial charge is 0.489 e. The average molecular weight is 268 g/mol. The molecule has 0 bridgehead atoms. The van der Waals surface area contributed by atoms with Crippen molar-refractivity contribution in [2.24, 2.45) is 0 Å². The second-order valence-corrected chi connectivity index (χ2v) is 6.77. The summed E-state index contributed by atoms with van der Waals surface area (Å²) in [4.78, 5) is 0. The van der Waals surface area contributed by atoms with Crippen LogP contribution < -0.4 is 4.74 Å². The molecule has 1 heterocycles. The van der Waals surface area contributed by atoms with Crippen molar-refractivity contribution < 1.29 is 4.74 Å². The molecule has 0 N–H and O–H groups in total. The van der Waals surface area contributed by atoms with E-state index in [2.05, 4.69) is 54.2 Å². The van der Waals surface area contributed by atoms with Gasteiger partial charge in [-0.1, -0.05) is 42.5 Å². The van der Waals surface area contributed by atoms with Gasteiger partial charge in [-0.3, -0.25) is 0 Å². The van der Waals surface area contributed by atoms with E-state index >= 15 is 0 Å². The quantitative estimate of drug-likeness (QED) is 0.782. The van der Waals surface area contributed by atoms with Gasteiger partial charge in [0.05, 0.1) is 0 Å². The third-order valence-corrected chi connectivity index (χ3v) is 5.36. The first kappa shape index (κ1) is 11.4. The summed E-state index contributed by atoms with van der Waals surface area (Å²) in [5, 5.41) is 1.74. The van der Waals surface area contributed by atoms with Crippen molar-refractivity contribution in [3.8, 4) is 5.75 Å². The lowest BCUT2D eigenvalue weighted by molar-refractivity contribution is 0.302. The molecule has 2 unspecified atom stereocenters. The van der Waals surface area contributed by atoms with Crippen molar-refractivity contribution in [1.82, 2.24) is 0 Å². The van der Waals surface area contributed by atoms with Crippen LogP contribution in [0.4, 0.5) is 0 Å². The lowest BCUT2D eigenvalue weighted by Crippen LogP contribution is -2.13. The Morgan fingerprint density at radius 2 is 1.79 bits per heavy atom. The fraction of sp³-hybridized carbons (Fsp3) is 0.294. The van der Waals surface area contributed by atoms with Crippen LogP contribution in [0.1, 0.15) is 16.7 Å². The Labute approximate surface area is 118 Å². The molecule has 0 radical (unpaired) electrons. The molecule has 4 rings (SSSR count). The van der Waals surface area contributed by atoms with Gasteiger partial charge in [-0.05, 0) is 35.6 Å². The first-order chi connectivity index (χ1) is 9.40. The second-order valence-electron chi connectivity index (χ2n) is 5.29. The molecular formula is C17H16OS. The topological polar surface area (TPSA) is 9.23 Å². The summed E-state index contributed by atoms with van der Waals surface area (Å²) < 4.78 is 6.05. The van der Waals surface area contributed by atoms with E-state index in [-0.39, 0.29) is 0 Å². The smallest absolute Gasteiger partial charge is 0.123 e. The zero-order chi connectivity index (χ0) is 12.7. The van der Waals surface area contributed by atoms with E-state index in [1.807, 2.05) is 6.07 Å². The van der Waals surface area contributed by atoms with E-state index in [1.54, 1.807) is 0 Å². The molecule has 0 aromatic heterocycles. The standard InChI is InChI=1S/C17H16OS/c1-2-5-12(6-3-1)11-18-15-8-4-7-13-9-16-17(19-16)10-14(13)15/h1-8,16-17H,9-11H2. The van der Waals surface area contributed by atoms with Gasteiger partial charge in [0.1, 0.15) is 12.4 Å². The van der Waals surface area contributed by atoms with Crippen LogP contribution in [0.2, 0.25) is 0 Å². The molecular weight excluding hydrogens is 252 g/mol. The van der Waals surface area contributed by atoms with Crippen molar-refractivity contribution in [3.05, 3.63) is 65.2 Å². The number of benzene rings is 2. The van der Waals surface area contributed by atoms with Crippen molar-refractivity contribution in [1.29, 1.82) is 0 Å².